The van der Waals surface area contributed by atoms with Gasteiger partial charge in [0.2, 0.25) is 0 Å². The molecule has 0 aliphatic heterocycles. The highest BCUT2D eigenvalue weighted by Crippen LogP contribution is 2.30. The van der Waals surface area contributed by atoms with Crippen LogP contribution in [0.3, 0.4) is 0 Å². The van der Waals surface area contributed by atoms with Crippen molar-refractivity contribution < 1.29 is 9.18 Å². The number of allylic oxidation sites excluding steroid dienone is 2. The molecule has 0 atom stereocenters. The number of hydrogen-bond donors (Lipinski definition) is 1. The molecule has 0 radical (unpaired) electrons. The van der Waals surface area contributed by atoms with Gasteiger partial charge in [-0.3, -0.25) is 14.8 Å². The van der Waals surface area contributed by atoms with Crippen molar-refractivity contribution in [2.45, 2.75) is 13.8 Å². The number of thioether (sulfide) groups is 1. The molecular formula is C23H21FN4OS. The third kappa shape index (κ3) is 4.63. The molecule has 0 spiro atoms. The highest BCUT2D eigenvalue weighted by atomic mass is 32.2. The smallest absolute Gasteiger partial charge is 0.260 e. The van der Waals surface area contributed by atoms with Crippen molar-refractivity contribution in [2.75, 3.05) is 11.6 Å². The Labute approximate surface area is 179 Å². The van der Waals surface area contributed by atoms with E-state index in [1.807, 2.05) is 25.3 Å². The number of nitrogens with zero attached hydrogens (tertiary/aromatic N) is 3. The van der Waals surface area contributed by atoms with Gasteiger partial charge < -0.3 is 5.32 Å². The Morgan fingerprint density at radius 2 is 1.93 bits per heavy atom. The third-order valence-corrected chi connectivity index (χ3v) is 5.31. The zero-order valence-electron chi connectivity index (χ0n) is 16.9. The van der Waals surface area contributed by atoms with Crippen LogP contribution in [-0.4, -0.2) is 27.1 Å². The lowest BCUT2D eigenvalue weighted by Gasteiger charge is -2.11. The number of hydrogen-bond acceptors (Lipinski definition) is 5. The Bertz CT molecular complexity index is 1110. The number of nitrogens with one attached hydrogen (secondary N) is 1. The van der Waals surface area contributed by atoms with Crippen molar-refractivity contribution >= 4 is 28.4 Å². The van der Waals surface area contributed by atoms with Crippen molar-refractivity contribution in [1.29, 1.82) is 0 Å². The maximum absolute atomic E-state index is 13.9. The summed E-state index contributed by atoms with van der Waals surface area (Å²) in [6.07, 6.45) is 11.2. The molecule has 1 N–H and O–H groups in total. The Balaban J connectivity index is 1.86. The number of aromatic nitrogens is 3. The molecule has 0 saturated heterocycles. The molecule has 0 aliphatic rings. The normalized spacial score (nSPS) is 11.3. The van der Waals surface area contributed by atoms with Gasteiger partial charge in [0.15, 0.2) is 11.6 Å². The van der Waals surface area contributed by atoms with Gasteiger partial charge in [0.1, 0.15) is 0 Å². The van der Waals surface area contributed by atoms with Crippen molar-refractivity contribution in [1.82, 2.24) is 15.0 Å². The molecule has 152 valence electrons. The molecule has 5 nitrogen and oxygen atoms in total. The minimum absolute atomic E-state index is 0.0574. The Kier molecular flexibility index (Phi) is 6.74. The van der Waals surface area contributed by atoms with Gasteiger partial charge in [-0.05, 0) is 48.9 Å². The van der Waals surface area contributed by atoms with Crippen LogP contribution >= 0.6 is 11.8 Å². The molecule has 2 aromatic heterocycles. The van der Waals surface area contributed by atoms with E-state index >= 15 is 0 Å². The van der Waals surface area contributed by atoms with Crippen molar-refractivity contribution in [3.05, 3.63) is 89.8 Å². The first-order valence-corrected chi connectivity index (χ1v) is 10.4. The van der Waals surface area contributed by atoms with Crippen LogP contribution in [-0.2, 0) is 0 Å². The molecule has 3 aromatic rings. The number of carbonyl (C=O) groups is 1. The lowest BCUT2D eigenvalue weighted by Crippen LogP contribution is -2.16. The predicted octanol–water partition coefficient (Wildman–Crippen LogP) is 5.44. The average molecular weight is 421 g/mol. The zero-order valence-corrected chi connectivity index (χ0v) is 17.8. The molecule has 7 heteroatoms. The van der Waals surface area contributed by atoms with Gasteiger partial charge in [0, 0.05) is 16.7 Å². The molecule has 0 aliphatic carbocycles. The van der Waals surface area contributed by atoms with Gasteiger partial charge in [-0.2, -0.15) is 0 Å². The number of carbonyl (C=O) groups excluding carboxylic acids is 1. The van der Waals surface area contributed by atoms with E-state index in [1.165, 1.54) is 12.4 Å². The van der Waals surface area contributed by atoms with E-state index in [-0.39, 0.29) is 11.4 Å². The topological polar surface area (TPSA) is 67.8 Å². The zero-order chi connectivity index (χ0) is 21.7. The van der Waals surface area contributed by atoms with Crippen LogP contribution in [0, 0.1) is 19.7 Å². The van der Waals surface area contributed by atoms with Gasteiger partial charge in [0.25, 0.3) is 5.91 Å². The first kappa shape index (κ1) is 21.4. The first-order chi connectivity index (χ1) is 14.4. The van der Waals surface area contributed by atoms with E-state index in [9.17, 15) is 9.18 Å². The van der Waals surface area contributed by atoms with Gasteiger partial charge in [-0.25, -0.2) is 9.37 Å². The Morgan fingerprint density at radius 1 is 1.13 bits per heavy atom. The van der Waals surface area contributed by atoms with Gasteiger partial charge in [-0.1, -0.05) is 24.8 Å². The first-order valence-electron chi connectivity index (χ1n) is 9.16. The summed E-state index contributed by atoms with van der Waals surface area (Å²) in [6.45, 7) is 7.39. The lowest BCUT2D eigenvalue weighted by atomic mass is 10.0. The second-order valence-corrected chi connectivity index (χ2v) is 7.40. The summed E-state index contributed by atoms with van der Waals surface area (Å²) in [5.41, 5.74) is 4.12. The third-order valence-electron chi connectivity index (χ3n) is 4.50. The van der Waals surface area contributed by atoms with Gasteiger partial charge >= 0.3 is 0 Å². The number of aryl methyl sites for hydroxylation is 2. The van der Waals surface area contributed by atoms with E-state index in [0.717, 1.165) is 27.8 Å². The summed E-state index contributed by atoms with van der Waals surface area (Å²) in [5, 5.41) is 2.58. The van der Waals surface area contributed by atoms with Crippen LogP contribution in [0.25, 0.3) is 16.2 Å². The molecule has 3 rings (SSSR count). The average Bonchev–Trinajstić information content (AvgIpc) is 2.73. The fourth-order valence-corrected chi connectivity index (χ4v) is 3.57. The number of halogens is 1. The summed E-state index contributed by atoms with van der Waals surface area (Å²) in [5.74, 6) is -1.03. The Hall–Kier alpha value is -3.32. The maximum atomic E-state index is 13.9. The monoisotopic (exact) mass is 420 g/mol. The van der Waals surface area contributed by atoms with Crippen LogP contribution in [0.15, 0.2) is 61.7 Å². The standard InChI is InChI=1S/C23H21FN4OS/c1-5-6-20(30-4)16-8-7-14(2)17(9-16)19-12-27-21(13-26-19)28-23(29)22-15(3)10-25-11-18(22)24/h5-13H,1H2,2-4H3,(H,27,28,29)/b20-6-. The van der Waals surface area contributed by atoms with Gasteiger partial charge in [0.05, 0.1) is 29.8 Å². The lowest BCUT2D eigenvalue weighted by molar-refractivity contribution is 0.102. The van der Waals surface area contributed by atoms with Crippen LogP contribution in [0.2, 0.25) is 0 Å². The summed E-state index contributed by atoms with van der Waals surface area (Å²) in [4.78, 5) is 26.0. The second kappa shape index (κ2) is 9.45. The largest absolute Gasteiger partial charge is 0.305 e. The van der Waals surface area contributed by atoms with Crippen LogP contribution < -0.4 is 5.32 Å². The molecule has 1 aromatic carbocycles. The minimum atomic E-state index is -0.679. The number of rotatable bonds is 6. The molecule has 1 amide bonds. The number of pyridine rings is 1. The summed E-state index contributed by atoms with van der Waals surface area (Å²) >= 11 is 1.64. The quantitative estimate of drug-likeness (QED) is 0.538. The fraction of sp³-hybridized carbons (Fsp3) is 0.130. The van der Waals surface area contributed by atoms with E-state index in [2.05, 4.69) is 39.0 Å². The number of amides is 1. The Morgan fingerprint density at radius 3 is 2.57 bits per heavy atom. The van der Waals surface area contributed by atoms with Crippen molar-refractivity contribution in [2.24, 2.45) is 0 Å². The van der Waals surface area contributed by atoms with E-state index in [0.29, 0.717) is 11.3 Å². The number of benzene rings is 1. The summed E-state index contributed by atoms with van der Waals surface area (Å²) in [6, 6.07) is 6.14. The van der Waals surface area contributed by atoms with E-state index in [4.69, 9.17) is 0 Å². The van der Waals surface area contributed by atoms with Crippen LogP contribution in [0.1, 0.15) is 27.0 Å². The SMILES string of the molecule is C=C/C=C(\SC)c1ccc(C)c(-c2cnc(NC(=O)c3c(C)cncc3F)cn2)c1. The van der Waals surface area contributed by atoms with E-state index in [1.54, 1.807) is 31.0 Å². The van der Waals surface area contributed by atoms with Crippen LogP contribution in [0.4, 0.5) is 10.2 Å². The molecule has 0 saturated carbocycles. The highest BCUT2D eigenvalue weighted by Gasteiger charge is 2.16. The van der Waals surface area contributed by atoms with Crippen molar-refractivity contribution in [3.63, 3.8) is 0 Å². The van der Waals surface area contributed by atoms with Gasteiger partial charge in [-0.15, -0.1) is 11.8 Å². The molecule has 30 heavy (non-hydrogen) atoms. The second-order valence-electron chi connectivity index (χ2n) is 6.55. The molecule has 0 unspecified atom stereocenters. The highest BCUT2D eigenvalue weighted by molar-refractivity contribution is 8.07. The summed E-state index contributed by atoms with van der Waals surface area (Å²) < 4.78 is 13.9. The minimum Gasteiger partial charge on any atom is -0.305 e. The summed E-state index contributed by atoms with van der Waals surface area (Å²) in [7, 11) is 0. The molecule has 0 bridgehead atoms. The molecular weight excluding hydrogens is 399 g/mol. The van der Waals surface area contributed by atoms with Crippen molar-refractivity contribution in [3.8, 4) is 11.3 Å². The molecule has 2 heterocycles. The van der Waals surface area contributed by atoms with Crippen LogP contribution in [0.5, 0.6) is 0 Å². The van der Waals surface area contributed by atoms with E-state index < -0.39 is 11.7 Å². The number of anilines is 1. The maximum Gasteiger partial charge on any atom is 0.260 e. The molecule has 0 fully saturated rings. The predicted molar refractivity (Wildman–Crippen MR) is 121 cm³/mol. The fourth-order valence-electron chi connectivity index (χ4n) is 2.97.